The molecule has 0 bridgehead atoms. The average molecular weight is 220 g/mol. The molecule has 0 spiro atoms. The van der Waals surface area contributed by atoms with Crippen LogP contribution in [0.2, 0.25) is 0 Å². The van der Waals surface area contributed by atoms with Crippen molar-refractivity contribution < 1.29 is 9.18 Å². The minimum atomic E-state index is -0.245. The molecular formula is C12H13FN2O. The molecule has 0 aliphatic carbocycles. The van der Waals surface area contributed by atoms with Crippen molar-refractivity contribution in [1.29, 1.82) is 0 Å². The van der Waals surface area contributed by atoms with Crippen LogP contribution in [0.25, 0.3) is 0 Å². The molecule has 16 heavy (non-hydrogen) atoms. The van der Waals surface area contributed by atoms with Gasteiger partial charge in [-0.2, -0.15) is 0 Å². The van der Waals surface area contributed by atoms with Crippen LogP contribution in [-0.4, -0.2) is 19.5 Å². The Kier molecular flexibility index (Phi) is 2.90. The Morgan fingerprint density at radius 3 is 3.12 bits per heavy atom. The standard InChI is InChI=1S/C12H13FN2O/c1-14-12(16)5-8-4-9-2-3-10(13)6-11(9)15-7-8/h2-3,5-6,15H,4,7H2,1H3,(H,14,16). The fourth-order valence-corrected chi connectivity index (χ4v) is 1.74. The van der Waals surface area contributed by atoms with Gasteiger partial charge in [0.1, 0.15) is 5.82 Å². The highest BCUT2D eigenvalue weighted by molar-refractivity contribution is 5.88. The molecular weight excluding hydrogens is 207 g/mol. The number of nitrogens with one attached hydrogen (secondary N) is 2. The highest BCUT2D eigenvalue weighted by Crippen LogP contribution is 2.24. The zero-order chi connectivity index (χ0) is 11.5. The van der Waals surface area contributed by atoms with Crippen molar-refractivity contribution in [3.8, 4) is 0 Å². The first kappa shape index (κ1) is 10.7. The summed E-state index contributed by atoms with van der Waals surface area (Å²) in [7, 11) is 1.60. The Bertz CT molecular complexity index is 454. The van der Waals surface area contributed by atoms with Gasteiger partial charge in [-0.1, -0.05) is 6.07 Å². The maximum absolute atomic E-state index is 12.9. The van der Waals surface area contributed by atoms with E-state index in [-0.39, 0.29) is 11.7 Å². The Morgan fingerprint density at radius 1 is 1.56 bits per heavy atom. The molecule has 0 atom stereocenters. The van der Waals surface area contributed by atoms with E-state index in [1.165, 1.54) is 12.1 Å². The molecule has 1 amide bonds. The first-order valence-electron chi connectivity index (χ1n) is 5.12. The van der Waals surface area contributed by atoms with Crippen LogP contribution in [0, 0.1) is 5.82 Å². The number of halogens is 1. The Labute approximate surface area is 93.4 Å². The van der Waals surface area contributed by atoms with Gasteiger partial charge in [-0.25, -0.2) is 4.39 Å². The lowest BCUT2D eigenvalue weighted by atomic mass is 9.98. The molecule has 1 aromatic carbocycles. The molecule has 0 aromatic heterocycles. The summed E-state index contributed by atoms with van der Waals surface area (Å²) < 4.78 is 12.9. The fourth-order valence-electron chi connectivity index (χ4n) is 1.74. The van der Waals surface area contributed by atoms with Gasteiger partial charge in [0.15, 0.2) is 0 Å². The van der Waals surface area contributed by atoms with Gasteiger partial charge in [0.2, 0.25) is 5.91 Å². The molecule has 3 nitrogen and oxygen atoms in total. The smallest absolute Gasteiger partial charge is 0.243 e. The molecule has 4 heteroatoms. The number of hydrogen-bond acceptors (Lipinski definition) is 2. The third-order valence-corrected chi connectivity index (χ3v) is 2.58. The summed E-state index contributed by atoms with van der Waals surface area (Å²) in [4.78, 5) is 11.2. The van der Waals surface area contributed by atoms with E-state index in [0.717, 1.165) is 16.8 Å². The highest BCUT2D eigenvalue weighted by Gasteiger charge is 2.13. The van der Waals surface area contributed by atoms with Crippen molar-refractivity contribution in [2.24, 2.45) is 0 Å². The van der Waals surface area contributed by atoms with E-state index >= 15 is 0 Å². The first-order chi connectivity index (χ1) is 7.69. The molecule has 1 aromatic rings. The fraction of sp³-hybridized carbons (Fsp3) is 0.250. The summed E-state index contributed by atoms with van der Waals surface area (Å²) in [6, 6.07) is 4.66. The van der Waals surface area contributed by atoms with Gasteiger partial charge in [0, 0.05) is 25.4 Å². The number of likely N-dealkylation sites (N-methyl/N-ethyl adjacent to an activating group) is 1. The predicted molar refractivity (Wildman–Crippen MR) is 60.7 cm³/mol. The molecule has 0 unspecified atom stereocenters. The Morgan fingerprint density at radius 2 is 2.38 bits per heavy atom. The average Bonchev–Trinajstić information content (AvgIpc) is 2.29. The summed E-state index contributed by atoms with van der Waals surface area (Å²) in [5.74, 6) is -0.354. The van der Waals surface area contributed by atoms with Gasteiger partial charge < -0.3 is 10.6 Å². The third-order valence-electron chi connectivity index (χ3n) is 2.58. The van der Waals surface area contributed by atoms with Crippen molar-refractivity contribution in [2.45, 2.75) is 6.42 Å². The molecule has 0 fully saturated rings. The van der Waals surface area contributed by atoms with Gasteiger partial charge in [-0.15, -0.1) is 0 Å². The van der Waals surface area contributed by atoms with Crippen molar-refractivity contribution in [1.82, 2.24) is 5.32 Å². The van der Waals surface area contributed by atoms with Crippen LogP contribution in [-0.2, 0) is 11.2 Å². The molecule has 1 aliphatic rings. The molecule has 1 aliphatic heterocycles. The molecule has 0 saturated heterocycles. The SMILES string of the molecule is CNC(=O)C=C1CNc2cc(F)ccc2C1. The van der Waals surface area contributed by atoms with Crippen molar-refractivity contribution >= 4 is 11.6 Å². The molecule has 1 heterocycles. The van der Waals surface area contributed by atoms with E-state index in [4.69, 9.17) is 0 Å². The monoisotopic (exact) mass is 220 g/mol. The molecule has 0 saturated carbocycles. The van der Waals surface area contributed by atoms with E-state index < -0.39 is 0 Å². The van der Waals surface area contributed by atoms with E-state index in [1.807, 2.05) is 0 Å². The molecule has 0 radical (unpaired) electrons. The van der Waals surface area contributed by atoms with Gasteiger partial charge >= 0.3 is 0 Å². The third kappa shape index (κ3) is 2.21. The lowest BCUT2D eigenvalue weighted by molar-refractivity contribution is -0.116. The minimum absolute atomic E-state index is 0.109. The molecule has 2 N–H and O–H groups in total. The predicted octanol–water partition coefficient (Wildman–Crippen LogP) is 1.47. The number of carbonyl (C=O) groups excluding carboxylic acids is 1. The van der Waals surface area contributed by atoms with Gasteiger partial charge in [-0.3, -0.25) is 4.79 Å². The van der Waals surface area contributed by atoms with Crippen LogP contribution < -0.4 is 10.6 Å². The quantitative estimate of drug-likeness (QED) is 0.704. The number of benzene rings is 1. The second kappa shape index (κ2) is 4.35. The maximum atomic E-state index is 12.9. The van der Waals surface area contributed by atoms with Crippen molar-refractivity contribution in [3.63, 3.8) is 0 Å². The minimum Gasteiger partial charge on any atom is -0.381 e. The van der Waals surface area contributed by atoms with Crippen LogP contribution >= 0.6 is 0 Å². The van der Waals surface area contributed by atoms with Gasteiger partial charge in [0.05, 0.1) is 0 Å². The number of fused-ring (bicyclic) bond motifs is 1. The van der Waals surface area contributed by atoms with Crippen molar-refractivity contribution in [3.05, 3.63) is 41.2 Å². The van der Waals surface area contributed by atoms with Gasteiger partial charge in [-0.05, 0) is 29.7 Å². The summed E-state index contributed by atoms with van der Waals surface area (Å²) in [6.07, 6.45) is 2.27. The molecule has 2 rings (SSSR count). The van der Waals surface area contributed by atoms with E-state index in [2.05, 4.69) is 10.6 Å². The summed E-state index contributed by atoms with van der Waals surface area (Å²) in [5, 5.41) is 5.64. The summed E-state index contributed by atoms with van der Waals surface area (Å²) in [6.45, 7) is 0.587. The van der Waals surface area contributed by atoms with Crippen LogP contribution in [0.15, 0.2) is 29.8 Å². The second-order valence-corrected chi connectivity index (χ2v) is 3.75. The highest BCUT2D eigenvalue weighted by atomic mass is 19.1. The largest absolute Gasteiger partial charge is 0.381 e. The number of anilines is 1. The Balaban J connectivity index is 2.21. The lowest BCUT2D eigenvalue weighted by Crippen LogP contribution is -2.20. The first-order valence-corrected chi connectivity index (χ1v) is 5.12. The number of rotatable bonds is 1. The zero-order valence-corrected chi connectivity index (χ0v) is 9.01. The van der Waals surface area contributed by atoms with Crippen LogP contribution in [0.4, 0.5) is 10.1 Å². The van der Waals surface area contributed by atoms with Gasteiger partial charge in [0.25, 0.3) is 0 Å². The maximum Gasteiger partial charge on any atom is 0.243 e. The van der Waals surface area contributed by atoms with E-state index in [9.17, 15) is 9.18 Å². The number of amides is 1. The molecule has 84 valence electrons. The number of hydrogen-bond donors (Lipinski definition) is 2. The van der Waals surface area contributed by atoms with Crippen molar-refractivity contribution in [2.75, 3.05) is 18.9 Å². The summed E-state index contributed by atoms with van der Waals surface area (Å²) in [5.41, 5.74) is 2.83. The lowest BCUT2D eigenvalue weighted by Gasteiger charge is -2.20. The normalized spacial score (nSPS) is 16.5. The second-order valence-electron chi connectivity index (χ2n) is 3.75. The van der Waals surface area contributed by atoms with E-state index in [0.29, 0.717) is 13.0 Å². The zero-order valence-electron chi connectivity index (χ0n) is 9.01. The van der Waals surface area contributed by atoms with Crippen LogP contribution in [0.5, 0.6) is 0 Å². The van der Waals surface area contributed by atoms with Crippen LogP contribution in [0.1, 0.15) is 5.56 Å². The van der Waals surface area contributed by atoms with E-state index in [1.54, 1.807) is 19.2 Å². The topological polar surface area (TPSA) is 41.1 Å². The summed E-state index contributed by atoms with van der Waals surface area (Å²) >= 11 is 0. The van der Waals surface area contributed by atoms with Crippen LogP contribution in [0.3, 0.4) is 0 Å². The Hall–Kier alpha value is -1.84. The number of carbonyl (C=O) groups is 1.